The van der Waals surface area contributed by atoms with Gasteiger partial charge in [-0.05, 0) is 37.0 Å². The maximum atomic E-state index is 12.0. The number of rotatable bonds is 3. The SMILES string of the molecule is C[C@@H]1CCCC[C@H]1NC(=S)NNC(=O)c1cccc([N+](=O)[O-])c1. The van der Waals surface area contributed by atoms with Crippen molar-refractivity contribution in [1.29, 1.82) is 0 Å². The molecular weight excluding hydrogens is 316 g/mol. The molecule has 2 rings (SSSR count). The summed E-state index contributed by atoms with van der Waals surface area (Å²) < 4.78 is 0. The minimum absolute atomic E-state index is 0.130. The van der Waals surface area contributed by atoms with E-state index < -0.39 is 10.8 Å². The second kappa shape index (κ2) is 7.87. The molecule has 0 heterocycles. The van der Waals surface area contributed by atoms with Crippen LogP contribution in [0.25, 0.3) is 0 Å². The number of carbonyl (C=O) groups is 1. The number of carbonyl (C=O) groups excluding carboxylic acids is 1. The van der Waals surface area contributed by atoms with Gasteiger partial charge in [0.2, 0.25) is 0 Å². The fourth-order valence-electron chi connectivity index (χ4n) is 2.68. The van der Waals surface area contributed by atoms with E-state index in [1.165, 1.54) is 43.5 Å². The molecule has 1 saturated carbocycles. The minimum Gasteiger partial charge on any atom is -0.358 e. The Balaban J connectivity index is 1.85. The largest absolute Gasteiger partial charge is 0.358 e. The fourth-order valence-corrected chi connectivity index (χ4v) is 2.88. The third-order valence-electron chi connectivity index (χ3n) is 4.04. The van der Waals surface area contributed by atoms with E-state index in [2.05, 4.69) is 23.1 Å². The molecule has 1 aromatic rings. The number of hydrogen-bond acceptors (Lipinski definition) is 4. The molecular formula is C15H20N4O3S. The zero-order chi connectivity index (χ0) is 16.8. The lowest BCUT2D eigenvalue weighted by Crippen LogP contribution is -2.51. The van der Waals surface area contributed by atoms with Crippen molar-refractivity contribution in [3.8, 4) is 0 Å². The maximum Gasteiger partial charge on any atom is 0.270 e. The van der Waals surface area contributed by atoms with Gasteiger partial charge in [0.15, 0.2) is 5.11 Å². The fraction of sp³-hybridized carbons (Fsp3) is 0.467. The Morgan fingerprint density at radius 2 is 2.04 bits per heavy atom. The molecule has 0 aliphatic heterocycles. The normalized spacial score (nSPS) is 20.4. The van der Waals surface area contributed by atoms with Gasteiger partial charge in [0.1, 0.15) is 0 Å². The number of amides is 1. The Morgan fingerprint density at radius 1 is 1.30 bits per heavy atom. The van der Waals surface area contributed by atoms with Crippen LogP contribution in [-0.4, -0.2) is 22.0 Å². The van der Waals surface area contributed by atoms with Crippen LogP contribution in [0, 0.1) is 16.0 Å². The molecule has 0 spiro atoms. The predicted molar refractivity (Wildman–Crippen MR) is 90.9 cm³/mol. The summed E-state index contributed by atoms with van der Waals surface area (Å²) in [7, 11) is 0. The van der Waals surface area contributed by atoms with Gasteiger partial charge in [0.25, 0.3) is 11.6 Å². The van der Waals surface area contributed by atoms with Crippen LogP contribution >= 0.6 is 12.2 Å². The highest BCUT2D eigenvalue weighted by Crippen LogP contribution is 2.23. The quantitative estimate of drug-likeness (QED) is 0.445. The van der Waals surface area contributed by atoms with Crippen LogP contribution in [0.15, 0.2) is 24.3 Å². The summed E-state index contributed by atoms with van der Waals surface area (Å²) in [5, 5.41) is 14.3. The Bertz CT molecular complexity index is 608. The summed E-state index contributed by atoms with van der Waals surface area (Å²) in [5.41, 5.74) is 5.17. The van der Waals surface area contributed by atoms with Crippen molar-refractivity contribution in [2.45, 2.75) is 38.6 Å². The van der Waals surface area contributed by atoms with Gasteiger partial charge in [-0.2, -0.15) is 0 Å². The van der Waals surface area contributed by atoms with Crippen molar-refractivity contribution in [1.82, 2.24) is 16.2 Å². The lowest BCUT2D eigenvalue weighted by atomic mass is 9.86. The summed E-state index contributed by atoms with van der Waals surface area (Å²) in [6, 6.07) is 5.83. The monoisotopic (exact) mass is 336 g/mol. The molecule has 0 saturated heterocycles. The van der Waals surface area contributed by atoms with Crippen LogP contribution in [0.1, 0.15) is 43.0 Å². The molecule has 23 heavy (non-hydrogen) atoms. The molecule has 1 aliphatic rings. The van der Waals surface area contributed by atoms with Crippen molar-refractivity contribution in [3.63, 3.8) is 0 Å². The van der Waals surface area contributed by atoms with Crippen molar-refractivity contribution < 1.29 is 9.72 Å². The summed E-state index contributed by atoms with van der Waals surface area (Å²) in [6.07, 6.45) is 4.63. The molecule has 1 aliphatic carbocycles. The van der Waals surface area contributed by atoms with Gasteiger partial charge in [-0.25, -0.2) is 0 Å². The summed E-state index contributed by atoms with van der Waals surface area (Å²) in [6.45, 7) is 2.18. The first kappa shape index (κ1) is 17.1. The van der Waals surface area contributed by atoms with Crippen LogP contribution in [0.3, 0.4) is 0 Å². The van der Waals surface area contributed by atoms with E-state index >= 15 is 0 Å². The van der Waals surface area contributed by atoms with Gasteiger partial charge < -0.3 is 5.32 Å². The summed E-state index contributed by atoms with van der Waals surface area (Å²) >= 11 is 5.18. The molecule has 124 valence electrons. The Kier molecular flexibility index (Phi) is 5.86. The van der Waals surface area contributed by atoms with Crippen LogP contribution in [-0.2, 0) is 0 Å². The number of nitrogens with one attached hydrogen (secondary N) is 3. The number of nitro groups is 1. The average Bonchev–Trinajstić information content (AvgIpc) is 2.55. The lowest BCUT2D eigenvalue weighted by Gasteiger charge is -2.30. The number of nitro benzene ring substituents is 1. The smallest absolute Gasteiger partial charge is 0.270 e. The lowest BCUT2D eigenvalue weighted by molar-refractivity contribution is -0.384. The van der Waals surface area contributed by atoms with Crippen molar-refractivity contribution in [3.05, 3.63) is 39.9 Å². The molecule has 0 unspecified atom stereocenters. The maximum absolute atomic E-state index is 12.0. The van der Waals surface area contributed by atoms with Crippen LogP contribution in [0.4, 0.5) is 5.69 Å². The van der Waals surface area contributed by atoms with Crippen molar-refractivity contribution in [2.24, 2.45) is 5.92 Å². The van der Waals surface area contributed by atoms with E-state index in [0.29, 0.717) is 17.1 Å². The zero-order valence-electron chi connectivity index (χ0n) is 12.9. The summed E-state index contributed by atoms with van der Waals surface area (Å²) in [4.78, 5) is 22.2. The van der Waals surface area contributed by atoms with E-state index in [1.807, 2.05) is 0 Å². The zero-order valence-corrected chi connectivity index (χ0v) is 13.7. The number of non-ortho nitro benzene ring substituents is 1. The number of hydrazine groups is 1. The molecule has 1 fully saturated rings. The second-order valence-corrected chi connectivity index (χ2v) is 6.14. The van der Waals surface area contributed by atoms with E-state index in [9.17, 15) is 14.9 Å². The van der Waals surface area contributed by atoms with Gasteiger partial charge in [-0.1, -0.05) is 25.8 Å². The predicted octanol–water partition coefficient (Wildman–Crippen LogP) is 2.28. The first-order chi connectivity index (χ1) is 11.0. The minimum atomic E-state index is -0.541. The summed E-state index contributed by atoms with van der Waals surface area (Å²) in [5.74, 6) is 0.0607. The number of hydrogen-bond donors (Lipinski definition) is 3. The van der Waals surface area contributed by atoms with Crippen LogP contribution < -0.4 is 16.2 Å². The van der Waals surface area contributed by atoms with E-state index in [-0.39, 0.29) is 11.3 Å². The molecule has 0 bridgehead atoms. The third-order valence-corrected chi connectivity index (χ3v) is 4.26. The molecule has 3 N–H and O–H groups in total. The topological polar surface area (TPSA) is 96.3 Å². The van der Waals surface area contributed by atoms with Gasteiger partial charge in [0.05, 0.1) is 4.92 Å². The Hall–Kier alpha value is -2.22. The van der Waals surface area contributed by atoms with Gasteiger partial charge in [-0.3, -0.25) is 25.8 Å². The van der Waals surface area contributed by atoms with E-state index in [4.69, 9.17) is 12.2 Å². The standard InChI is InChI=1S/C15H20N4O3S/c1-10-5-2-3-8-13(10)16-15(23)18-17-14(20)11-6-4-7-12(9-11)19(21)22/h4,6-7,9-10,13H,2-3,5,8H2,1H3,(H,17,20)(H2,16,18,23)/t10-,13-/m1/s1. The first-order valence-electron chi connectivity index (χ1n) is 7.58. The second-order valence-electron chi connectivity index (χ2n) is 5.73. The molecule has 2 atom stereocenters. The molecule has 0 radical (unpaired) electrons. The van der Waals surface area contributed by atoms with E-state index in [1.54, 1.807) is 0 Å². The number of thiocarbonyl (C=S) groups is 1. The molecule has 0 aromatic heterocycles. The molecule has 8 heteroatoms. The first-order valence-corrected chi connectivity index (χ1v) is 7.99. The highest BCUT2D eigenvalue weighted by Gasteiger charge is 2.21. The Labute approximate surface area is 140 Å². The highest BCUT2D eigenvalue weighted by atomic mass is 32.1. The molecule has 1 amide bonds. The van der Waals surface area contributed by atoms with Crippen molar-refractivity contribution >= 4 is 28.9 Å². The third kappa shape index (κ3) is 4.88. The van der Waals surface area contributed by atoms with Crippen LogP contribution in [0.2, 0.25) is 0 Å². The number of benzene rings is 1. The molecule has 1 aromatic carbocycles. The Morgan fingerprint density at radius 3 is 2.74 bits per heavy atom. The van der Waals surface area contributed by atoms with E-state index in [0.717, 1.165) is 6.42 Å². The van der Waals surface area contributed by atoms with Crippen LogP contribution in [0.5, 0.6) is 0 Å². The molecule has 7 nitrogen and oxygen atoms in total. The number of nitrogens with zero attached hydrogens (tertiary/aromatic N) is 1. The average molecular weight is 336 g/mol. The van der Waals surface area contributed by atoms with Gasteiger partial charge in [0, 0.05) is 23.7 Å². The van der Waals surface area contributed by atoms with Crippen molar-refractivity contribution in [2.75, 3.05) is 0 Å². The van der Waals surface area contributed by atoms with Gasteiger partial charge >= 0.3 is 0 Å². The highest BCUT2D eigenvalue weighted by molar-refractivity contribution is 7.80. The van der Waals surface area contributed by atoms with Gasteiger partial charge in [-0.15, -0.1) is 0 Å².